The van der Waals surface area contributed by atoms with Gasteiger partial charge in [0, 0.05) is 44.8 Å². The van der Waals surface area contributed by atoms with Crippen molar-refractivity contribution in [2.75, 3.05) is 46.3 Å². The summed E-state index contributed by atoms with van der Waals surface area (Å²) in [6, 6.07) is 1.22. The SMILES string of the molecule is CCNC(=NCC1CCN(C)C1)NCCCN(C(C)C)C(C)C. The molecule has 1 heterocycles. The second kappa shape index (κ2) is 10.9. The van der Waals surface area contributed by atoms with Gasteiger partial charge in [-0.3, -0.25) is 9.89 Å². The van der Waals surface area contributed by atoms with Gasteiger partial charge >= 0.3 is 0 Å². The monoisotopic (exact) mass is 325 g/mol. The van der Waals surface area contributed by atoms with Crippen LogP contribution < -0.4 is 10.6 Å². The minimum atomic E-state index is 0.608. The Morgan fingerprint density at radius 1 is 1.22 bits per heavy atom. The van der Waals surface area contributed by atoms with E-state index in [0.717, 1.165) is 38.6 Å². The fourth-order valence-electron chi connectivity index (χ4n) is 3.32. The molecule has 1 fully saturated rings. The Hall–Kier alpha value is -0.810. The summed E-state index contributed by atoms with van der Waals surface area (Å²) in [6.45, 7) is 17.6. The number of nitrogens with one attached hydrogen (secondary N) is 2. The quantitative estimate of drug-likeness (QED) is 0.387. The van der Waals surface area contributed by atoms with Crippen molar-refractivity contribution in [2.24, 2.45) is 10.9 Å². The zero-order valence-corrected chi connectivity index (χ0v) is 16.2. The summed E-state index contributed by atoms with van der Waals surface area (Å²) in [7, 11) is 2.20. The van der Waals surface area contributed by atoms with Crippen LogP contribution in [0.2, 0.25) is 0 Å². The standard InChI is InChI=1S/C18H39N5/c1-7-19-18(21-13-17-9-12-22(6)14-17)20-10-8-11-23(15(2)3)16(4)5/h15-17H,7-14H2,1-6H3,(H2,19,20,21). The van der Waals surface area contributed by atoms with Crippen LogP contribution in [0.25, 0.3) is 0 Å². The molecule has 0 saturated carbocycles. The number of hydrogen-bond acceptors (Lipinski definition) is 3. The zero-order valence-electron chi connectivity index (χ0n) is 16.2. The number of hydrogen-bond donors (Lipinski definition) is 2. The van der Waals surface area contributed by atoms with Gasteiger partial charge in [-0.15, -0.1) is 0 Å². The van der Waals surface area contributed by atoms with Crippen LogP contribution in [0, 0.1) is 5.92 Å². The molecule has 0 aromatic carbocycles. The van der Waals surface area contributed by atoms with Crippen molar-refractivity contribution < 1.29 is 0 Å². The Morgan fingerprint density at radius 3 is 2.43 bits per heavy atom. The van der Waals surface area contributed by atoms with Gasteiger partial charge in [0.1, 0.15) is 0 Å². The maximum absolute atomic E-state index is 4.77. The molecule has 2 N–H and O–H groups in total. The summed E-state index contributed by atoms with van der Waals surface area (Å²) in [5, 5.41) is 6.85. The molecule has 1 atom stereocenters. The molecule has 0 amide bonds. The minimum absolute atomic E-state index is 0.608. The van der Waals surface area contributed by atoms with E-state index in [1.54, 1.807) is 0 Å². The van der Waals surface area contributed by atoms with Gasteiger partial charge in [-0.25, -0.2) is 0 Å². The number of rotatable bonds is 9. The predicted molar refractivity (Wildman–Crippen MR) is 101 cm³/mol. The highest BCUT2D eigenvalue weighted by Crippen LogP contribution is 2.14. The first-order chi connectivity index (χ1) is 10.9. The summed E-state index contributed by atoms with van der Waals surface area (Å²) in [5.74, 6) is 1.69. The van der Waals surface area contributed by atoms with Gasteiger partial charge in [0.25, 0.3) is 0 Å². The van der Waals surface area contributed by atoms with Crippen molar-refractivity contribution in [2.45, 2.75) is 59.5 Å². The van der Waals surface area contributed by atoms with Crippen LogP contribution in [0.3, 0.4) is 0 Å². The van der Waals surface area contributed by atoms with E-state index in [-0.39, 0.29) is 0 Å². The van der Waals surface area contributed by atoms with Gasteiger partial charge in [-0.1, -0.05) is 0 Å². The molecule has 1 aliphatic rings. The Labute approximate surface area is 143 Å². The van der Waals surface area contributed by atoms with Crippen molar-refractivity contribution in [3.8, 4) is 0 Å². The fourth-order valence-corrected chi connectivity index (χ4v) is 3.32. The third kappa shape index (κ3) is 8.02. The molecule has 0 radical (unpaired) electrons. The van der Waals surface area contributed by atoms with Crippen molar-refractivity contribution in [1.82, 2.24) is 20.4 Å². The topological polar surface area (TPSA) is 42.9 Å². The third-order valence-corrected chi connectivity index (χ3v) is 4.55. The van der Waals surface area contributed by atoms with Crippen LogP contribution in [0.1, 0.15) is 47.5 Å². The molecule has 1 aliphatic heterocycles. The van der Waals surface area contributed by atoms with Crippen molar-refractivity contribution in [3.05, 3.63) is 0 Å². The molecule has 0 aliphatic carbocycles. The lowest BCUT2D eigenvalue weighted by atomic mass is 10.1. The number of aliphatic imine (C=N–C) groups is 1. The Kier molecular flexibility index (Phi) is 9.56. The van der Waals surface area contributed by atoms with E-state index in [1.165, 1.54) is 19.5 Å². The third-order valence-electron chi connectivity index (χ3n) is 4.55. The van der Waals surface area contributed by atoms with E-state index >= 15 is 0 Å². The lowest BCUT2D eigenvalue weighted by Crippen LogP contribution is -2.41. The van der Waals surface area contributed by atoms with E-state index in [0.29, 0.717) is 18.0 Å². The maximum Gasteiger partial charge on any atom is 0.191 e. The molecule has 1 unspecified atom stereocenters. The van der Waals surface area contributed by atoms with Crippen LogP contribution in [0.15, 0.2) is 4.99 Å². The average Bonchev–Trinajstić information content (AvgIpc) is 2.89. The summed E-state index contributed by atoms with van der Waals surface area (Å²) >= 11 is 0. The summed E-state index contributed by atoms with van der Waals surface area (Å²) in [6.07, 6.45) is 2.42. The molecule has 136 valence electrons. The van der Waals surface area contributed by atoms with Gasteiger partial charge in [-0.2, -0.15) is 0 Å². The molecule has 5 nitrogen and oxygen atoms in total. The minimum Gasteiger partial charge on any atom is -0.357 e. The normalized spacial score (nSPS) is 20.0. The summed E-state index contributed by atoms with van der Waals surface area (Å²) in [5.41, 5.74) is 0. The van der Waals surface area contributed by atoms with Gasteiger partial charge in [0.2, 0.25) is 0 Å². The lowest BCUT2D eigenvalue weighted by Gasteiger charge is -2.30. The summed E-state index contributed by atoms with van der Waals surface area (Å²) in [4.78, 5) is 9.71. The van der Waals surface area contributed by atoms with Gasteiger partial charge in [0.05, 0.1) is 0 Å². The van der Waals surface area contributed by atoms with Crippen LogP contribution in [-0.4, -0.2) is 74.2 Å². The smallest absolute Gasteiger partial charge is 0.191 e. The van der Waals surface area contributed by atoms with Gasteiger partial charge in [-0.05, 0) is 67.0 Å². The van der Waals surface area contributed by atoms with Crippen LogP contribution in [0.4, 0.5) is 0 Å². The molecule has 0 aromatic rings. The van der Waals surface area contributed by atoms with Crippen molar-refractivity contribution >= 4 is 5.96 Å². The molecule has 23 heavy (non-hydrogen) atoms. The van der Waals surface area contributed by atoms with Gasteiger partial charge in [0.15, 0.2) is 5.96 Å². The predicted octanol–water partition coefficient (Wildman–Crippen LogP) is 2.00. The molecule has 0 bridgehead atoms. The maximum atomic E-state index is 4.77. The highest BCUT2D eigenvalue weighted by molar-refractivity contribution is 5.79. The van der Waals surface area contributed by atoms with Crippen molar-refractivity contribution in [3.63, 3.8) is 0 Å². The van der Waals surface area contributed by atoms with Gasteiger partial charge < -0.3 is 15.5 Å². The molecule has 1 rings (SSSR count). The summed E-state index contributed by atoms with van der Waals surface area (Å²) < 4.78 is 0. The Bertz CT molecular complexity index is 332. The van der Waals surface area contributed by atoms with Crippen LogP contribution >= 0.6 is 0 Å². The largest absolute Gasteiger partial charge is 0.357 e. The molecule has 5 heteroatoms. The zero-order chi connectivity index (χ0) is 17.2. The fraction of sp³-hybridized carbons (Fsp3) is 0.944. The Morgan fingerprint density at radius 2 is 1.91 bits per heavy atom. The van der Waals surface area contributed by atoms with Crippen LogP contribution in [0.5, 0.6) is 0 Å². The highest BCUT2D eigenvalue weighted by Gasteiger charge is 2.19. The second-order valence-electron chi connectivity index (χ2n) is 7.34. The number of nitrogens with zero attached hydrogens (tertiary/aromatic N) is 3. The van der Waals surface area contributed by atoms with Crippen LogP contribution in [-0.2, 0) is 0 Å². The van der Waals surface area contributed by atoms with E-state index in [4.69, 9.17) is 4.99 Å². The van der Waals surface area contributed by atoms with E-state index in [2.05, 4.69) is 62.1 Å². The van der Waals surface area contributed by atoms with Crippen molar-refractivity contribution in [1.29, 1.82) is 0 Å². The van der Waals surface area contributed by atoms with E-state index in [1.807, 2.05) is 0 Å². The number of likely N-dealkylation sites (tertiary alicyclic amines) is 1. The highest BCUT2D eigenvalue weighted by atomic mass is 15.2. The lowest BCUT2D eigenvalue weighted by molar-refractivity contribution is 0.173. The second-order valence-corrected chi connectivity index (χ2v) is 7.34. The molecular formula is C18H39N5. The average molecular weight is 326 g/mol. The first kappa shape index (κ1) is 20.2. The van der Waals surface area contributed by atoms with E-state index < -0.39 is 0 Å². The molecule has 0 spiro atoms. The first-order valence-electron chi connectivity index (χ1n) is 9.40. The Balaban J connectivity index is 2.32. The number of guanidine groups is 1. The first-order valence-corrected chi connectivity index (χ1v) is 9.40. The molecule has 1 saturated heterocycles. The van der Waals surface area contributed by atoms with E-state index in [9.17, 15) is 0 Å². The molecule has 0 aromatic heterocycles. The molecular weight excluding hydrogens is 286 g/mol.